The van der Waals surface area contributed by atoms with E-state index < -0.39 is 0 Å². The zero-order chi connectivity index (χ0) is 12.3. The third kappa shape index (κ3) is 2.91. The van der Waals surface area contributed by atoms with E-state index in [0.717, 1.165) is 5.82 Å². The summed E-state index contributed by atoms with van der Waals surface area (Å²) >= 11 is 0. The molecule has 90 valence electrons. The topological polar surface area (TPSA) is 43.8 Å². The highest BCUT2D eigenvalue weighted by Gasteiger charge is 2.07. The van der Waals surface area contributed by atoms with Crippen LogP contribution in [0.4, 0.5) is 4.39 Å². The summed E-state index contributed by atoms with van der Waals surface area (Å²) in [6, 6.07) is 6.83. The lowest BCUT2D eigenvalue weighted by Crippen LogP contribution is -2.20. The van der Waals surface area contributed by atoms with Gasteiger partial charge in [-0.15, -0.1) is 0 Å². The fourth-order valence-electron chi connectivity index (χ4n) is 1.77. The van der Waals surface area contributed by atoms with Crippen LogP contribution in [0.1, 0.15) is 18.3 Å². The lowest BCUT2D eigenvalue weighted by Gasteiger charge is -2.10. The molecule has 2 rings (SSSR count). The van der Waals surface area contributed by atoms with Crippen molar-refractivity contribution in [2.45, 2.75) is 25.9 Å². The molecule has 0 bridgehead atoms. The molecular formula is C13H16FN3. The standard InChI is InChI=1S/C13H16FN3/c1-10(15)8-13-16-6-7-17(13)9-11-4-2-3-5-12(11)14/h2-7,10H,8-9,15H2,1H3. The fourth-order valence-corrected chi connectivity index (χ4v) is 1.77. The highest BCUT2D eigenvalue weighted by molar-refractivity contribution is 5.18. The van der Waals surface area contributed by atoms with Gasteiger partial charge >= 0.3 is 0 Å². The number of imidazole rings is 1. The van der Waals surface area contributed by atoms with Crippen molar-refractivity contribution in [1.29, 1.82) is 0 Å². The van der Waals surface area contributed by atoms with E-state index in [1.54, 1.807) is 18.3 Å². The van der Waals surface area contributed by atoms with Crippen LogP contribution in [0, 0.1) is 5.82 Å². The minimum atomic E-state index is -0.187. The van der Waals surface area contributed by atoms with Gasteiger partial charge in [-0.25, -0.2) is 9.37 Å². The van der Waals surface area contributed by atoms with Crippen LogP contribution in [-0.4, -0.2) is 15.6 Å². The van der Waals surface area contributed by atoms with E-state index in [1.165, 1.54) is 6.07 Å². The molecule has 0 amide bonds. The van der Waals surface area contributed by atoms with Gasteiger partial charge in [-0.05, 0) is 13.0 Å². The van der Waals surface area contributed by atoms with Crippen molar-refractivity contribution in [2.24, 2.45) is 5.73 Å². The predicted molar refractivity (Wildman–Crippen MR) is 65.1 cm³/mol. The number of hydrogen-bond acceptors (Lipinski definition) is 2. The molecule has 0 fully saturated rings. The number of nitrogens with two attached hydrogens (primary N) is 1. The average molecular weight is 233 g/mol. The number of hydrogen-bond donors (Lipinski definition) is 1. The van der Waals surface area contributed by atoms with Crippen molar-refractivity contribution >= 4 is 0 Å². The molecule has 0 saturated carbocycles. The van der Waals surface area contributed by atoms with Gasteiger partial charge in [-0.3, -0.25) is 0 Å². The maximum absolute atomic E-state index is 13.5. The Bertz CT molecular complexity index is 491. The monoisotopic (exact) mass is 233 g/mol. The van der Waals surface area contributed by atoms with Crippen LogP contribution in [0.3, 0.4) is 0 Å². The Labute approximate surface area is 100 Å². The van der Waals surface area contributed by atoms with E-state index in [1.807, 2.05) is 23.8 Å². The van der Waals surface area contributed by atoms with Gasteiger partial charge in [-0.1, -0.05) is 18.2 Å². The first kappa shape index (κ1) is 11.8. The molecule has 1 aromatic heterocycles. The van der Waals surface area contributed by atoms with E-state index in [-0.39, 0.29) is 11.9 Å². The number of benzene rings is 1. The third-order valence-electron chi connectivity index (χ3n) is 2.60. The minimum absolute atomic E-state index is 0.0526. The first-order valence-electron chi connectivity index (χ1n) is 5.66. The number of halogens is 1. The first-order valence-corrected chi connectivity index (χ1v) is 5.66. The summed E-state index contributed by atoms with van der Waals surface area (Å²) in [5.41, 5.74) is 6.41. The van der Waals surface area contributed by atoms with Crippen molar-refractivity contribution in [2.75, 3.05) is 0 Å². The van der Waals surface area contributed by atoms with E-state index in [9.17, 15) is 4.39 Å². The Morgan fingerprint density at radius 3 is 2.88 bits per heavy atom. The smallest absolute Gasteiger partial charge is 0.128 e. The molecular weight excluding hydrogens is 217 g/mol. The van der Waals surface area contributed by atoms with Crippen LogP contribution >= 0.6 is 0 Å². The Hall–Kier alpha value is -1.68. The zero-order valence-electron chi connectivity index (χ0n) is 9.81. The summed E-state index contributed by atoms with van der Waals surface area (Å²) in [5.74, 6) is 0.705. The second-order valence-electron chi connectivity index (χ2n) is 4.24. The lowest BCUT2D eigenvalue weighted by atomic mass is 10.2. The second-order valence-corrected chi connectivity index (χ2v) is 4.24. The van der Waals surface area contributed by atoms with E-state index in [2.05, 4.69) is 4.98 Å². The number of aromatic nitrogens is 2. The molecule has 0 radical (unpaired) electrons. The highest BCUT2D eigenvalue weighted by Crippen LogP contribution is 2.10. The molecule has 17 heavy (non-hydrogen) atoms. The molecule has 1 unspecified atom stereocenters. The van der Waals surface area contributed by atoms with Crippen LogP contribution in [0.25, 0.3) is 0 Å². The lowest BCUT2D eigenvalue weighted by molar-refractivity contribution is 0.588. The molecule has 1 heterocycles. The number of nitrogens with zero attached hydrogens (tertiary/aromatic N) is 2. The average Bonchev–Trinajstić information content (AvgIpc) is 2.68. The highest BCUT2D eigenvalue weighted by atomic mass is 19.1. The van der Waals surface area contributed by atoms with Crippen molar-refractivity contribution in [1.82, 2.24) is 9.55 Å². The SMILES string of the molecule is CC(N)Cc1nccn1Cc1ccccc1F. The Kier molecular flexibility index (Phi) is 3.54. The molecule has 0 saturated heterocycles. The molecule has 0 spiro atoms. The maximum Gasteiger partial charge on any atom is 0.128 e. The fraction of sp³-hybridized carbons (Fsp3) is 0.308. The predicted octanol–water partition coefficient (Wildman–Crippen LogP) is 1.96. The summed E-state index contributed by atoms with van der Waals surface area (Å²) in [6.07, 6.45) is 4.27. The summed E-state index contributed by atoms with van der Waals surface area (Å²) in [6.45, 7) is 2.43. The molecule has 0 aliphatic carbocycles. The van der Waals surface area contributed by atoms with Gasteiger partial charge in [0.05, 0.1) is 6.54 Å². The first-order chi connectivity index (χ1) is 8.16. The van der Waals surface area contributed by atoms with Crippen LogP contribution in [-0.2, 0) is 13.0 Å². The van der Waals surface area contributed by atoms with E-state index in [0.29, 0.717) is 18.5 Å². The van der Waals surface area contributed by atoms with E-state index in [4.69, 9.17) is 5.73 Å². The largest absolute Gasteiger partial charge is 0.330 e. The van der Waals surface area contributed by atoms with Crippen LogP contribution in [0.2, 0.25) is 0 Å². The molecule has 0 aliphatic rings. The van der Waals surface area contributed by atoms with Crippen LogP contribution in [0.5, 0.6) is 0 Å². The van der Waals surface area contributed by atoms with E-state index >= 15 is 0 Å². The molecule has 1 atom stereocenters. The van der Waals surface area contributed by atoms with Gasteiger partial charge in [-0.2, -0.15) is 0 Å². The van der Waals surface area contributed by atoms with Gasteiger partial charge in [0.25, 0.3) is 0 Å². The summed E-state index contributed by atoms with van der Waals surface area (Å²) < 4.78 is 15.4. The normalized spacial score (nSPS) is 12.6. The Balaban J connectivity index is 2.19. The van der Waals surface area contributed by atoms with Crippen molar-refractivity contribution in [3.05, 3.63) is 53.9 Å². The van der Waals surface area contributed by atoms with Crippen molar-refractivity contribution in [3.63, 3.8) is 0 Å². The van der Waals surface area contributed by atoms with Gasteiger partial charge in [0.2, 0.25) is 0 Å². The molecule has 1 aromatic carbocycles. The van der Waals surface area contributed by atoms with Gasteiger partial charge < -0.3 is 10.3 Å². The van der Waals surface area contributed by atoms with Gasteiger partial charge in [0.15, 0.2) is 0 Å². The Morgan fingerprint density at radius 1 is 1.41 bits per heavy atom. The quantitative estimate of drug-likeness (QED) is 0.877. The molecule has 0 aliphatic heterocycles. The van der Waals surface area contributed by atoms with Gasteiger partial charge in [0, 0.05) is 30.4 Å². The van der Waals surface area contributed by atoms with Crippen molar-refractivity contribution in [3.8, 4) is 0 Å². The van der Waals surface area contributed by atoms with Gasteiger partial charge in [0.1, 0.15) is 11.6 Å². The molecule has 2 aromatic rings. The zero-order valence-corrected chi connectivity index (χ0v) is 9.81. The third-order valence-corrected chi connectivity index (χ3v) is 2.60. The van der Waals surface area contributed by atoms with Crippen LogP contribution < -0.4 is 5.73 Å². The van der Waals surface area contributed by atoms with Crippen LogP contribution in [0.15, 0.2) is 36.7 Å². The second kappa shape index (κ2) is 5.10. The molecule has 4 heteroatoms. The Morgan fingerprint density at radius 2 is 2.18 bits per heavy atom. The number of rotatable bonds is 4. The summed E-state index contributed by atoms with van der Waals surface area (Å²) in [4.78, 5) is 4.24. The molecule has 2 N–H and O–H groups in total. The maximum atomic E-state index is 13.5. The molecule has 3 nitrogen and oxygen atoms in total. The summed E-state index contributed by atoms with van der Waals surface area (Å²) in [7, 11) is 0. The minimum Gasteiger partial charge on any atom is -0.330 e. The summed E-state index contributed by atoms with van der Waals surface area (Å²) in [5, 5.41) is 0. The van der Waals surface area contributed by atoms with Crippen molar-refractivity contribution < 1.29 is 4.39 Å².